The van der Waals surface area contributed by atoms with Crippen molar-refractivity contribution >= 4 is 34.8 Å². The van der Waals surface area contributed by atoms with Gasteiger partial charge in [-0.15, -0.1) is 0 Å². The molecule has 3 rings (SSSR count). The van der Waals surface area contributed by atoms with Crippen molar-refractivity contribution in [1.29, 1.82) is 0 Å². The molecule has 0 radical (unpaired) electrons. The van der Waals surface area contributed by atoms with E-state index in [1.54, 1.807) is 30.3 Å². The van der Waals surface area contributed by atoms with Crippen molar-refractivity contribution in [2.75, 3.05) is 5.32 Å². The average Bonchev–Trinajstić information content (AvgIpc) is 3.00. The number of benzene rings is 2. The lowest BCUT2D eigenvalue weighted by Crippen LogP contribution is -2.10. The van der Waals surface area contributed by atoms with Crippen LogP contribution in [0.5, 0.6) is 0 Å². The third-order valence-electron chi connectivity index (χ3n) is 3.12. The number of rotatable bonds is 3. The van der Waals surface area contributed by atoms with Crippen LogP contribution in [0, 0.1) is 5.82 Å². The third-order valence-corrected chi connectivity index (χ3v) is 3.86. The van der Waals surface area contributed by atoms with Gasteiger partial charge in [-0.1, -0.05) is 29.3 Å². The van der Waals surface area contributed by atoms with Crippen LogP contribution in [0.1, 0.15) is 10.6 Å². The standard InChI is InChI=1S/C17H10Cl2FNO2/c18-13-5-4-10(8-14(13)19)15-6-7-16(23-15)17(22)21-12-3-1-2-11(20)9-12/h1-9H,(H,21,22). The normalized spacial score (nSPS) is 10.6. The Hall–Kier alpha value is -2.30. The molecule has 0 bridgehead atoms. The number of furan rings is 1. The Kier molecular flexibility index (Phi) is 4.37. The fourth-order valence-corrected chi connectivity index (χ4v) is 2.32. The van der Waals surface area contributed by atoms with Crippen LogP contribution in [0.3, 0.4) is 0 Å². The lowest BCUT2D eigenvalue weighted by Gasteiger charge is -2.03. The van der Waals surface area contributed by atoms with Gasteiger partial charge in [-0.05, 0) is 48.5 Å². The summed E-state index contributed by atoms with van der Waals surface area (Å²) in [6.07, 6.45) is 0. The molecular weight excluding hydrogens is 340 g/mol. The van der Waals surface area contributed by atoms with E-state index in [-0.39, 0.29) is 5.76 Å². The molecule has 3 nitrogen and oxygen atoms in total. The summed E-state index contributed by atoms with van der Waals surface area (Å²) in [4.78, 5) is 12.1. The van der Waals surface area contributed by atoms with E-state index in [0.29, 0.717) is 27.1 Å². The van der Waals surface area contributed by atoms with Gasteiger partial charge in [-0.3, -0.25) is 4.79 Å². The van der Waals surface area contributed by atoms with Crippen molar-refractivity contribution in [2.45, 2.75) is 0 Å². The Morgan fingerprint density at radius 3 is 2.57 bits per heavy atom. The number of amides is 1. The highest BCUT2D eigenvalue weighted by Gasteiger charge is 2.13. The smallest absolute Gasteiger partial charge is 0.291 e. The quantitative estimate of drug-likeness (QED) is 0.664. The molecule has 1 amide bonds. The van der Waals surface area contributed by atoms with Crippen molar-refractivity contribution in [3.63, 3.8) is 0 Å². The van der Waals surface area contributed by atoms with Crippen molar-refractivity contribution < 1.29 is 13.6 Å². The maximum atomic E-state index is 13.1. The molecule has 0 saturated heterocycles. The Morgan fingerprint density at radius 1 is 1.00 bits per heavy atom. The molecule has 0 aliphatic carbocycles. The topological polar surface area (TPSA) is 42.2 Å². The number of hydrogen-bond acceptors (Lipinski definition) is 2. The first-order chi connectivity index (χ1) is 11.0. The van der Waals surface area contributed by atoms with Gasteiger partial charge in [-0.2, -0.15) is 0 Å². The van der Waals surface area contributed by atoms with Gasteiger partial charge in [0, 0.05) is 11.3 Å². The first kappa shape index (κ1) is 15.6. The zero-order chi connectivity index (χ0) is 16.4. The molecule has 0 unspecified atom stereocenters. The second-order valence-electron chi connectivity index (χ2n) is 4.76. The van der Waals surface area contributed by atoms with Crippen LogP contribution in [0.2, 0.25) is 10.0 Å². The van der Waals surface area contributed by atoms with Gasteiger partial charge >= 0.3 is 0 Å². The Morgan fingerprint density at radius 2 is 1.83 bits per heavy atom. The Balaban J connectivity index is 1.81. The highest BCUT2D eigenvalue weighted by molar-refractivity contribution is 6.42. The van der Waals surface area contributed by atoms with Crippen LogP contribution in [0.25, 0.3) is 11.3 Å². The minimum absolute atomic E-state index is 0.107. The molecule has 1 N–H and O–H groups in total. The Bertz CT molecular complexity index is 877. The zero-order valence-corrected chi connectivity index (χ0v) is 13.2. The number of carbonyl (C=O) groups is 1. The number of carbonyl (C=O) groups excluding carboxylic acids is 1. The second kappa shape index (κ2) is 6.44. The van der Waals surface area contributed by atoms with Crippen molar-refractivity contribution in [3.8, 4) is 11.3 Å². The van der Waals surface area contributed by atoms with E-state index in [0.717, 1.165) is 0 Å². The maximum absolute atomic E-state index is 13.1. The highest BCUT2D eigenvalue weighted by atomic mass is 35.5. The van der Waals surface area contributed by atoms with E-state index in [1.165, 1.54) is 24.3 Å². The van der Waals surface area contributed by atoms with E-state index < -0.39 is 11.7 Å². The summed E-state index contributed by atoms with van der Waals surface area (Å²) in [5.41, 5.74) is 1.05. The van der Waals surface area contributed by atoms with E-state index in [1.807, 2.05) is 0 Å². The molecule has 0 atom stereocenters. The van der Waals surface area contributed by atoms with Gasteiger partial charge in [0.25, 0.3) is 5.91 Å². The molecule has 6 heteroatoms. The predicted octanol–water partition coefficient (Wildman–Crippen LogP) is 5.64. The third kappa shape index (κ3) is 3.55. The number of halogens is 3. The van der Waals surface area contributed by atoms with Crippen LogP contribution < -0.4 is 5.32 Å². The molecular formula is C17H10Cl2FNO2. The summed E-state index contributed by atoms with van der Waals surface area (Å²) < 4.78 is 18.6. The van der Waals surface area contributed by atoms with Crippen molar-refractivity contribution in [2.24, 2.45) is 0 Å². The minimum Gasteiger partial charge on any atom is -0.451 e. The molecule has 0 spiro atoms. The lowest BCUT2D eigenvalue weighted by atomic mass is 10.2. The second-order valence-corrected chi connectivity index (χ2v) is 5.57. The Labute approximate surface area is 141 Å². The SMILES string of the molecule is O=C(Nc1cccc(F)c1)c1ccc(-c2ccc(Cl)c(Cl)c2)o1. The molecule has 3 aromatic rings. The first-order valence-corrected chi connectivity index (χ1v) is 7.41. The van der Waals surface area contributed by atoms with Gasteiger partial charge < -0.3 is 9.73 Å². The zero-order valence-electron chi connectivity index (χ0n) is 11.6. The van der Waals surface area contributed by atoms with Crippen molar-refractivity contribution in [1.82, 2.24) is 0 Å². The van der Waals surface area contributed by atoms with E-state index in [9.17, 15) is 9.18 Å². The number of hydrogen-bond donors (Lipinski definition) is 1. The van der Waals surface area contributed by atoms with Gasteiger partial charge in [0.15, 0.2) is 5.76 Å². The van der Waals surface area contributed by atoms with E-state index in [4.69, 9.17) is 27.6 Å². The van der Waals surface area contributed by atoms with Crippen LogP contribution in [0.15, 0.2) is 59.0 Å². The number of anilines is 1. The van der Waals surface area contributed by atoms with Crippen LogP contribution in [-0.4, -0.2) is 5.91 Å². The summed E-state index contributed by atoms with van der Waals surface area (Å²) in [5.74, 6) is -0.316. The van der Waals surface area contributed by atoms with Gasteiger partial charge in [0.05, 0.1) is 10.0 Å². The van der Waals surface area contributed by atoms with Gasteiger partial charge in [0.1, 0.15) is 11.6 Å². The van der Waals surface area contributed by atoms with Gasteiger partial charge in [-0.25, -0.2) is 4.39 Å². The summed E-state index contributed by atoms with van der Waals surface area (Å²) in [6, 6.07) is 13.8. The summed E-state index contributed by atoms with van der Waals surface area (Å²) >= 11 is 11.8. The molecule has 0 aliphatic rings. The molecule has 2 aromatic carbocycles. The molecule has 1 aromatic heterocycles. The monoisotopic (exact) mass is 349 g/mol. The largest absolute Gasteiger partial charge is 0.451 e. The van der Waals surface area contributed by atoms with Gasteiger partial charge in [0.2, 0.25) is 0 Å². The first-order valence-electron chi connectivity index (χ1n) is 6.65. The van der Waals surface area contributed by atoms with Crippen LogP contribution in [-0.2, 0) is 0 Å². The highest BCUT2D eigenvalue weighted by Crippen LogP contribution is 2.29. The average molecular weight is 350 g/mol. The lowest BCUT2D eigenvalue weighted by molar-refractivity contribution is 0.0997. The van der Waals surface area contributed by atoms with Crippen molar-refractivity contribution in [3.05, 3.63) is 76.2 Å². The molecule has 0 saturated carbocycles. The van der Waals surface area contributed by atoms with Crippen LogP contribution >= 0.6 is 23.2 Å². The molecule has 0 fully saturated rings. The summed E-state index contributed by atoms with van der Waals surface area (Å²) in [6.45, 7) is 0. The van der Waals surface area contributed by atoms with Crippen LogP contribution in [0.4, 0.5) is 10.1 Å². The number of nitrogens with one attached hydrogen (secondary N) is 1. The molecule has 116 valence electrons. The minimum atomic E-state index is -0.470. The van der Waals surface area contributed by atoms with E-state index >= 15 is 0 Å². The predicted molar refractivity (Wildman–Crippen MR) is 88.5 cm³/mol. The fraction of sp³-hybridized carbons (Fsp3) is 0. The molecule has 0 aliphatic heterocycles. The van der Waals surface area contributed by atoms with E-state index in [2.05, 4.69) is 5.32 Å². The molecule has 1 heterocycles. The maximum Gasteiger partial charge on any atom is 0.291 e. The summed E-state index contributed by atoms with van der Waals surface area (Å²) in [5, 5.41) is 3.40. The summed E-state index contributed by atoms with van der Waals surface area (Å²) in [7, 11) is 0. The molecule has 23 heavy (non-hydrogen) atoms. The fourth-order valence-electron chi connectivity index (χ4n) is 2.02.